The van der Waals surface area contributed by atoms with Gasteiger partial charge in [-0.3, -0.25) is 4.90 Å². The number of morpholine rings is 1. The van der Waals surface area contributed by atoms with E-state index in [4.69, 9.17) is 20.8 Å². The molecule has 0 aromatic carbocycles. The van der Waals surface area contributed by atoms with Crippen molar-refractivity contribution in [3.05, 3.63) is 23.1 Å². The molecule has 0 aliphatic carbocycles. The monoisotopic (exact) mass is 270 g/mol. The topological polar surface area (TPSA) is 37.6 Å². The second-order valence-electron chi connectivity index (χ2n) is 5.08. The van der Waals surface area contributed by atoms with Crippen LogP contribution in [0.5, 0.6) is 0 Å². The van der Waals surface area contributed by atoms with Gasteiger partial charge in [0, 0.05) is 19.1 Å². The van der Waals surface area contributed by atoms with Crippen molar-refractivity contribution in [2.75, 3.05) is 26.2 Å². The van der Waals surface area contributed by atoms with E-state index in [1.807, 2.05) is 6.07 Å². The quantitative estimate of drug-likeness (QED) is 0.907. The summed E-state index contributed by atoms with van der Waals surface area (Å²) in [6.07, 6.45) is 2.91. The highest BCUT2D eigenvalue weighted by atomic mass is 35.5. The van der Waals surface area contributed by atoms with Gasteiger partial charge in [-0.1, -0.05) is 0 Å². The smallest absolute Gasteiger partial charge is 0.193 e. The molecule has 0 spiro atoms. The molecule has 1 aromatic rings. The highest BCUT2D eigenvalue weighted by Crippen LogP contribution is 2.22. The molecule has 3 rings (SSSR count). The van der Waals surface area contributed by atoms with Gasteiger partial charge in [0.2, 0.25) is 0 Å². The van der Waals surface area contributed by atoms with Gasteiger partial charge in [-0.25, -0.2) is 0 Å². The highest BCUT2D eigenvalue weighted by molar-refractivity contribution is 6.28. The molecule has 1 N–H and O–H groups in total. The lowest BCUT2D eigenvalue weighted by molar-refractivity contribution is -0.0471. The lowest BCUT2D eigenvalue weighted by Crippen LogP contribution is -2.49. The molecular formula is C13H19ClN2O2. The maximum atomic E-state index is 5.87. The number of nitrogens with one attached hydrogen (secondary N) is 1. The van der Waals surface area contributed by atoms with Gasteiger partial charge in [0.1, 0.15) is 5.76 Å². The van der Waals surface area contributed by atoms with Gasteiger partial charge in [0.25, 0.3) is 0 Å². The fourth-order valence-electron chi connectivity index (χ4n) is 2.81. The minimum absolute atomic E-state index is 0.296. The van der Waals surface area contributed by atoms with Crippen molar-refractivity contribution in [2.24, 2.45) is 0 Å². The summed E-state index contributed by atoms with van der Waals surface area (Å²) in [5.41, 5.74) is 0. The molecule has 0 saturated carbocycles. The Morgan fingerprint density at radius 1 is 1.44 bits per heavy atom. The number of rotatable bonds is 4. The van der Waals surface area contributed by atoms with Crippen LogP contribution in [-0.4, -0.2) is 43.3 Å². The Bertz CT molecular complexity index is 396. The molecule has 2 fully saturated rings. The van der Waals surface area contributed by atoms with Crippen LogP contribution in [0.4, 0.5) is 0 Å². The van der Waals surface area contributed by atoms with Crippen molar-refractivity contribution in [1.82, 2.24) is 10.2 Å². The van der Waals surface area contributed by atoms with Crippen LogP contribution in [0.25, 0.3) is 0 Å². The molecule has 5 heteroatoms. The summed E-state index contributed by atoms with van der Waals surface area (Å²) >= 11 is 5.72. The first kappa shape index (κ1) is 12.5. The van der Waals surface area contributed by atoms with E-state index < -0.39 is 0 Å². The second-order valence-corrected chi connectivity index (χ2v) is 5.46. The number of furan rings is 1. The fourth-order valence-corrected chi connectivity index (χ4v) is 2.97. The summed E-state index contributed by atoms with van der Waals surface area (Å²) in [5.74, 6) is 0.870. The number of halogens is 1. The molecule has 100 valence electrons. The van der Waals surface area contributed by atoms with Crippen LogP contribution in [0.15, 0.2) is 16.5 Å². The lowest BCUT2D eigenvalue weighted by atomic mass is 10.2. The van der Waals surface area contributed by atoms with Crippen LogP contribution in [0, 0.1) is 0 Å². The Labute approximate surface area is 112 Å². The van der Waals surface area contributed by atoms with Gasteiger partial charge in [-0.15, -0.1) is 0 Å². The zero-order valence-electron chi connectivity index (χ0n) is 10.4. The first-order valence-corrected chi connectivity index (χ1v) is 6.99. The van der Waals surface area contributed by atoms with Crippen molar-refractivity contribution >= 4 is 11.6 Å². The highest BCUT2D eigenvalue weighted by Gasteiger charge is 2.31. The van der Waals surface area contributed by atoms with Gasteiger partial charge >= 0.3 is 0 Å². The third-order valence-corrected chi connectivity index (χ3v) is 3.96. The van der Waals surface area contributed by atoms with Crippen LogP contribution in [0.1, 0.15) is 18.6 Å². The fraction of sp³-hybridized carbons (Fsp3) is 0.692. The van der Waals surface area contributed by atoms with Gasteiger partial charge < -0.3 is 14.5 Å². The number of fused-ring (bicyclic) bond motifs is 1. The Balaban J connectivity index is 1.41. The SMILES string of the molecule is Clc1ccc(CNCC2CN3CCCC3CO2)o1. The Hall–Kier alpha value is -0.550. The minimum atomic E-state index is 0.296. The first-order chi connectivity index (χ1) is 8.81. The summed E-state index contributed by atoms with van der Waals surface area (Å²) in [6.45, 7) is 4.74. The minimum Gasteiger partial charge on any atom is -0.448 e. The van der Waals surface area contributed by atoms with Gasteiger partial charge in [-0.2, -0.15) is 0 Å². The largest absolute Gasteiger partial charge is 0.448 e. The molecule has 18 heavy (non-hydrogen) atoms. The van der Waals surface area contributed by atoms with Gasteiger partial charge in [0.15, 0.2) is 5.22 Å². The van der Waals surface area contributed by atoms with E-state index in [0.717, 1.165) is 25.5 Å². The summed E-state index contributed by atoms with van der Waals surface area (Å²) in [6, 6.07) is 4.34. The molecule has 2 aliphatic rings. The van der Waals surface area contributed by atoms with Crippen LogP contribution in [0.2, 0.25) is 5.22 Å². The number of nitrogens with zero attached hydrogens (tertiary/aromatic N) is 1. The Kier molecular flexibility index (Phi) is 3.89. The molecule has 1 aromatic heterocycles. The second kappa shape index (κ2) is 5.61. The van der Waals surface area contributed by atoms with Crippen molar-refractivity contribution < 1.29 is 9.15 Å². The molecule has 2 aliphatic heterocycles. The Morgan fingerprint density at radius 3 is 3.22 bits per heavy atom. The molecule has 2 atom stereocenters. The van der Waals surface area contributed by atoms with Crippen LogP contribution >= 0.6 is 11.6 Å². The predicted octanol–water partition coefficient (Wildman–Crippen LogP) is 1.89. The van der Waals surface area contributed by atoms with E-state index in [-0.39, 0.29) is 0 Å². The molecule has 2 unspecified atom stereocenters. The molecule has 0 radical (unpaired) electrons. The third-order valence-electron chi connectivity index (χ3n) is 3.76. The standard InChI is InChI=1S/C13H19ClN2O2/c14-13-4-3-11(18-13)6-15-7-12-8-16-5-1-2-10(16)9-17-12/h3-4,10,12,15H,1-2,5-9H2. The van der Waals surface area contributed by atoms with Crippen molar-refractivity contribution in [3.8, 4) is 0 Å². The third kappa shape index (κ3) is 2.88. The average Bonchev–Trinajstić information content (AvgIpc) is 2.97. The van der Waals surface area contributed by atoms with Gasteiger partial charge in [0.05, 0.1) is 19.3 Å². The van der Waals surface area contributed by atoms with E-state index in [9.17, 15) is 0 Å². The number of hydrogen-bond donors (Lipinski definition) is 1. The molecular weight excluding hydrogens is 252 g/mol. The first-order valence-electron chi connectivity index (χ1n) is 6.62. The molecule has 0 bridgehead atoms. The molecule has 3 heterocycles. The van der Waals surface area contributed by atoms with Gasteiger partial charge in [-0.05, 0) is 43.1 Å². The normalized spacial score (nSPS) is 28.5. The summed E-state index contributed by atoms with van der Waals surface area (Å²) in [4.78, 5) is 2.56. The zero-order chi connectivity index (χ0) is 12.4. The molecule has 0 amide bonds. The van der Waals surface area contributed by atoms with E-state index in [1.165, 1.54) is 19.4 Å². The molecule has 4 nitrogen and oxygen atoms in total. The predicted molar refractivity (Wildman–Crippen MR) is 69.8 cm³/mol. The number of ether oxygens (including phenoxy) is 1. The zero-order valence-corrected chi connectivity index (χ0v) is 11.2. The molecule has 2 saturated heterocycles. The van der Waals surface area contributed by atoms with Crippen LogP contribution < -0.4 is 5.32 Å². The lowest BCUT2D eigenvalue weighted by Gasteiger charge is -2.35. The Morgan fingerprint density at radius 2 is 2.39 bits per heavy atom. The average molecular weight is 271 g/mol. The maximum absolute atomic E-state index is 5.87. The van der Waals surface area contributed by atoms with Crippen LogP contribution in [0.3, 0.4) is 0 Å². The van der Waals surface area contributed by atoms with E-state index >= 15 is 0 Å². The van der Waals surface area contributed by atoms with E-state index in [0.29, 0.717) is 23.9 Å². The van der Waals surface area contributed by atoms with Crippen molar-refractivity contribution in [2.45, 2.75) is 31.5 Å². The maximum Gasteiger partial charge on any atom is 0.193 e. The van der Waals surface area contributed by atoms with Crippen LogP contribution in [-0.2, 0) is 11.3 Å². The van der Waals surface area contributed by atoms with Crippen molar-refractivity contribution in [3.63, 3.8) is 0 Å². The summed E-state index contributed by atoms with van der Waals surface area (Å²) < 4.78 is 11.2. The summed E-state index contributed by atoms with van der Waals surface area (Å²) in [7, 11) is 0. The summed E-state index contributed by atoms with van der Waals surface area (Å²) in [5, 5.41) is 3.81. The number of hydrogen-bond acceptors (Lipinski definition) is 4. The van der Waals surface area contributed by atoms with E-state index in [2.05, 4.69) is 10.2 Å². The van der Waals surface area contributed by atoms with Crippen molar-refractivity contribution in [1.29, 1.82) is 0 Å². The van der Waals surface area contributed by atoms with E-state index in [1.54, 1.807) is 6.07 Å².